The van der Waals surface area contributed by atoms with Gasteiger partial charge in [-0.25, -0.2) is 9.18 Å². The van der Waals surface area contributed by atoms with Crippen LogP contribution >= 0.6 is 11.8 Å². The van der Waals surface area contributed by atoms with E-state index in [1.165, 1.54) is 48.0 Å². The molecule has 30 heavy (non-hydrogen) atoms. The van der Waals surface area contributed by atoms with Gasteiger partial charge in [-0.3, -0.25) is 9.69 Å². The topological polar surface area (TPSA) is 90.6 Å². The number of ether oxygens (including phenoxy) is 1. The maximum atomic E-state index is 13.3. The van der Waals surface area contributed by atoms with Crippen LogP contribution in [0.15, 0.2) is 59.1 Å². The van der Waals surface area contributed by atoms with E-state index in [9.17, 15) is 24.3 Å². The SMILES string of the molecule is COC(=O)c1ccc(C2CC(=O)N3C(=C2C#N)SCC3(O)c2ccc(F)cc2)cc1. The third-order valence-corrected chi connectivity index (χ3v) is 6.57. The molecule has 1 fully saturated rings. The molecule has 0 bridgehead atoms. The van der Waals surface area contributed by atoms with Gasteiger partial charge in [0.1, 0.15) is 5.82 Å². The molecule has 1 N–H and O–H groups in total. The number of hydrogen-bond acceptors (Lipinski definition) is 6. The molecule has 152 valence electrons. The fourth-order valence-corrected chi connectivity index (χ4v) is 5.17. The number of amides is 1. The quantitative estimate of drug-likeness (QED) is 0.761. The Kier molecular flexibility index (Phi) is 5.10. The molecule has 6 nitrogen and oxygen atoms in total. The van der Waals surface area contributed by atoms with Crippen LogP contribution in [0.5, 0.6) is 0 Å². The number of hydrogen-bond donors (Lipinski definition) is 1. The third-order valence-electron chi connectivity index (χ3n) is 5.35. The van der Waals surface area contributed by atoms with Gasteiger partial charge in [-0.1, -0.05) is 24.3 Å². The van der Waals surface area contributed by atoms with Crippen LogP contribution in [0.1, 0.15) is 33.8 Å². The zero-order chi connectivity index (χ0) is 21.5. The number of carbonyl (C=O) groups is 2. The molecule has 2 unspecified atom stereocenters. The van der Waals surface area contributed by atoms with Crippen molar-refractivity contribution < 1.29 is 23.8 Å². The number of esters is 1. The van der Waals surface area contributed by atoms with Gasteiger partial charge in [-0.05, 0) is 29.8 Å². The van der Waals surface area contributed by atoms with Gasteiger partial charge < -0.3 is 9.84 Å². The van der Waals surface area contributed by atoms with Gasteiger partial charge in [-0.2, -0.15) is 5.26 Å². The molecule has 0 radical (unpaired) electrons. The predicted octanol–water partition coefficient (Wildman–Crippen LogP) is 3.26. The second-order valence-corrected chi connectivity index (χ2v) is 8.01. The molecule has 1 saturated heterocycles. The third kappa shape index (κ3) is 3.16. The zero-order valence-corrected chi connectivity index (χ0v) is 16.8. The summed E-state index contributed by atoms with van der Waals surface area (Å²) < 4.78 is 18.0. The molecule has 2 aliphatic heterocycles. The summed E-state index contributed by atoms with van der Waals surface area (Å²) in [7, 11) is 1.29. The Hall–Kier alpha value is -3.15. The van der Waals surface area contributed by atoms with Crippen molar-refractivity contribution in [3.8, 4) is 6.07 Å². The number of aliphatic hydroxyl groups is 1. The minimum Gasteiger partial charge on any atom is -0.465 e. The average molecular weight is 424 g/mol. The molecule has 8 heteroatoms. The lowest BCUT2D eigenvalue weighted by Crippen LogP contribution is -2.48. The number of allylic oxidation sites excluding steroid dienone is 1. The van der Waals surface area contributed by atoms with Crippen molar-refractivity contribution in [1.29, 1.82) is 5.26 Å². The Labute approximate surface area is 176 Å². The van der Waals surface area contributed by atoms with Crippen molar-refractivity contribution in [2.45, 2.75) is 18.1 Å². The van der Waals surface area contributed by atoms with E-state index in [2.05, 4.69) is 6.07 Å². The molecule has 2 atom stereocenters. The van der Waals surface area contributed by atoms with Gasteiger partial charge in [-0.15, -0.1) is 11.8 Å². The van der Waals surface area contributed by atoms with Gasteiger partial charge in [0.15, 0.2) is 5.72 Å². The molecule has 2 aromatic rings. The molecule has 4 rings (SSSR count). The summed E-state index contributed by atoms with van der Waals surface area (Å²) in [6.07, 6.45) is -0.00592. The number of carbonyl (C=O) groups excluding carboxylic acids is 2. The standard InChI is InChI=1S/C22H17FN2O4S/c1-29-21(27)14-4-2-13(3-5-14)17-10-19(26)25-20(18(17)11-24)30-12-22(25,28)15-6-8-16(23)9-7-15/h2-9,17,28H,10,12H2,1H3. The fourth-order valence-electron chi connectivity index (χ4n) is 3.81. The molecule has 0 spiro atoms. The fraction of sp³-hybridized carbons (Fsp3) is 0.227. The predicted molar refractivity (Wildman–Crippen MR) is 107 cm³/mol. The van der Waals surface area contributed by atoms with Gasteiger partial charge in [0.05, 0.1) is 35.1 Å². The summed E-state index contributed by atoms with van der Waals surface area (Å²) in [6, 6.07) is 14.1. The molecule has 0 saturated carbocycles. The molecule has 0 aliphatic carbocycles. The van der Waals surface area contributed by atoms with Crippen molar-refractivity contribution in [2.24, 2.45) is 0 Å². The maximum Gasteiger partial charge on any atom is 0.337 e. The summed E-state index contributed by atoms with van der Waals surface area (Å²) in [4.78, 5) is 26.0. The van der Waals surface area contributed by atoms with Gasteiger partial charge in [0, 0.05) is 17.9 Å². The summed E-state index contributed by atoms with van der Waals surface area (Å²) in [5.74, 6) is -1.59. The smallest absolute Gasteiger partial charge is 0.337 e. The zero-order valence-electron chi connectivity index (χ0n) is 16.0. The lowest BCUT2D eigenvalue weighted by atomic mass is 9.85. The number of fused-ring (bicyclic) bond motifs is 1. The molecule has 2 aliphatic rings. The van der Waals surface area contributed by atoms with E-state index in [1.807, 2.05) is 0 Å². The van der Waals surface area contributed by atoms with Crippen molar-refractivity contribution in [3.63, 3.8) is 0 Å². The van der Waals surface area contributed by atoms with E-state index in [0.717, 1.165) is 5.56 Å². The molecule has 1 amide bonds. The Bertz CT molecular complexity index is 1090. The molecule has 0 aromatic heterocycles. The van der Waals surface area contributed by atoms with Crippen LogP contribution in [-0.2, 0) is 15.3 Å². The number of halogens is 1. The lowest BCUT2D eigenvalue weighted by Gasteiger charge is -2.38. The largest absolute Gasteiger partial charge is 0.465 e. The number of nitrogens with zero attached hydrogens (tertiary/aromatic N) is 2. The molecular formula is C22H17FN2O4S. The Morgan fingerprint density at radius 3 is 2.53 bits per heavy atom. The Morgan fingerprint density at radius 2 is 1.93 bits per heavy atom. The minimum atomic E-state index is -1.65. The van der Waals surface area contributed by atoms with E-state index in [4.69, 9.17) is 4.74 Å². The van der Waals surface area contributed by atoms with Crippen LogP contribution < -0.4 is 0 Å². The van der Waals surface area contributed by atoms with Crippen molar-refractivity contribution in [1.82, 2.24) is 4.90 Å². The van der Waals surface area contributed by atoms with Gasteiger partial charge in [0.2, 0.25) is 5.91 Å². The molecular weight excluding hydrogens is 407 g/mol. The summed E-state index contributed by atoms with van der Waals surface area (Å²) in [6.45, 7) is 0. The molecule has 2 heterocycles. The second kappa shape index (κ2) is 7.59. The van der Waals surface area contributed by atoms with Crippen LogP contribution in [0.3, 0.4) is 0 Å². The van der Waals surface area contributed by atoms with E-state index >= 15 is 0 Å². The van der Waals surface area contributed by atoms with Crippen molar-refractivity contribution in [2.75, 3.05) is 12.9 Å². The monoisotopic (exact) mass is 424 g/mol. The van der Waals surface area contributed by atoms with Gasteiger partial charge >= 0.3 is 5.97 Å². The summed E-state index contributed by atoms with van der Waals surface area (Å²) in [5.41, 5.74) is 0.211. The van der Waals surface area contributed by atoms with Crippen molar-refractivity contribution >= 4 is 23.6 Å². The minimum absolute atomic E-state index is 0.00592. The van der Waals surface area contributed by atoms with Crippen LogP contribution in [0.25, 0.3) is 0 Å². The van der Waals surface area contributed by atoms with E-state index in [-0.39, 0.29) is 18.1 Å². The Balaban J connectivity index is 1.73. The van der Waals surface area contributed by atoms with Crippen molar-refractivity contribution in [3.05, 3.63) is 81.6 Å². The van der Waals surface area contributed by atoms with Crippen LogP contribution in [0.4, 0.5) is 4.39 Å². The van der Waals surface area contributed by atoms with Gasteiger partial charge in [0.25, 0.3) is 0 Å². The van der Waals surface area contributed by atoms with Crippen LogP contribution in [0, 0.1) is 17.1 Å². The van der Waals surface area contributed by atoms with E-state index in [0.29, 0.717) is 21.7 Å². The summed E-state index contributed by atoms with van der Waals surface area (Å²) in [5, 5.41) is 21.5. The normalized spacial score (nSPS) is 23.2. The Morgan fingerprint density at radius 1 is 1.27 bits per heavy atom. The first-order chi connectivity index (χ1) is 14.4. The van der Waals surface area contributed by atoms with Crippen LogP contribution in [-0.4, -0.2) is 34.7 Å². The van der Waals surface area contributed by atoms with E-state index in [1.54, 1.807) is 24.3 Å². The highest BCUT2D eigenvalue weighted by molar-refractivity contribution is 8.03. The highest BCUT2D eigenvalue weighted by Crippen LogP contribution is 2.51. The second-order valence-electron chi connectivity index (χ2n) is 7.04. The average Bonchev–Trinajstić information content (AvgIpc) is 3.12. The van der Waals surface area contributed by atoms with Crippen LogP contribution in [0.2, 0.25) is 0 Å². The molecule has 2 aromatic carbocycles. The van der Waals surface area contributed by atoms with E-state index < -0.39 is 23.4 Å². The number of methoxy groups -OCH3 is 1. The maximum absolute atomic E-state index is 13.3. The lowest BCUT2D eigenvalue weighted by molar-refractivity contribution is -0.149. The number of thioether (sulfide) groups is 1. The first kappa shape index (κ1) is 20.1. The highest BCUT2D eigenvalue weighted by atomic mass is 32.2. The summed E-state index contributed by atoms with van der Waals surface area (Å²) >= 11 is 1.22. The number of rotatable bonds is 3. The first-order valence-corrected chi connectivity index (χ1v) is 10.1. The number of nitriles is 1. The highest BCUT2D eigenvalue weighted by Gasteiger charge is 2.51. The first-order valence-electron chi connectivity index (χ1n) is 9.16. The number of benzene rings is 2.